The summed E-state index contributed by atoms with van der Waals surface area (Å²) in [5, 5.41) is 24.6. The van der Waals surface area contributed by atoms with Crippen LogP contribution in [0.3, 0.4) is 0 Å². The number of nitrogens with zero attached hydrogens (tertiary/aromatic N) is 2. The van der Waals surface area contributed by atoms with E-state index in [2.05, 4.69) is 4.99 Å². The molecule has 104 valence electrons. The van der Waals surface area contributed by atoms with Crippen LogP contribution >= 0.6 is 22.9 Å². The average molecular weight is 310 g/mol. The number of aliphatic imine (C=N–C) groups is 1. The van der Waals surface area contributed by atoms with E-state index < -0.39 is 16.4 Å². The highest BCUT2D eigenvalue weighted by Gasteiger charge is 2.11. The predicted octanol–water partition coefficient (Wildman–Crippen LogP) is 3.04. The Morgan fingerprint density at radius 3 is 2.90 bits per heavy atom. The van der Waals surface area contributed by atoms with Crippen LogP contribution in [0.1, 0.15) is 10.4 Å². The van der Waals surface area contributed by atoms with Crippen LogP contribution in [0.15, 0.2) is 34.6 Å². The Morgan fingerprint density at radius 2 is 2.25 bits per heavy atom. The minimum Gasteiger partial charge on any atom is -0.867 e. The molecular weight excluding hydrogens is 300 g/mol. The molecule has 5 nitrogen and oxygen atoms in total. The quantitative estimate of drug-likeness (QED) is 0.484. The van der Waals surface area contributed by atoms with Crippen molar-refractivity contribution in [3.05, 3.63) is 55.2 Å². The van der Waals surface area contributed by atoms with Crippen LogP contribution in [-0.4, -0.2) is 17.7 Å². The third-order valence-electron chi connectivity index (χ3n) is 2.56. The fourth-order valence-electron chi connectivity index (χ4n) is 1.62. The van der Waals surface area contributed by atoms with Crippen LogP contribution in [0.25, 0.3) is 0 Å². The largest absolute Gasteiger partial charge is 0.867 e. The van der Waals surface area contributed by atoms with Crippen molar-refractivity contribution in [2.45, 2.75) is 6.42 Å². The van der Waals surface area contributed by atoms with Gasteiger partial charge in [-0.2, -0.15) is 0 Å². The number of halogens is 1. The van der Waals surface area contributed by atoms with Crippen LogP contribution < -0.4 is 5.11 Å². The molecule has 0 bridgehead atoms. The Labute approximate surface area is 124 Å². The minimum absolute atomic E-state index is 0.135. The SMILES string of the molecule is O=[N+]([O-])c1cc(Cl)cc(C=NCCc2cccs2)c1[O-]. The fraction of sp³-hybridized carbons (Fsp3) is 0.154. The van der Waals surface area contributed by atoms with Gasteiger partial charge in [-0.3, -0.25) is 15.1 Å². The molecule has 1 aromatic carbocycles. The van der Waals surface area contributed by atoms with Crippen LogP contribution in [0, 0.1) is 10.1 Å². The molecule has 0 fully saturated rings. The second-order valence-electron chi connectivity index (χ2n) is 3.97. The zero-order valence-corrected chi connectivity index (χ0v) is 11.9. The predicted molar refractivity (Wildman–Crippen MR) is 78.0 cm³/mol. The summed E-state index contributed by atoms with van der Waals surface area (Å²) in [5.41, 5.74) is -0.396. The van der Waals surface area contributed by atoms with Crippen molar-refractivity contribution in [3.63, 3.8) is 0 Å². The molecule has 2 aromatic rings. The van der Waals surface area contributed by atoms with Gasteiger partial charge in [0.25, 0.3) is 5.69 Å². The summed E-state index contributed by atoms with van der Waals surface area (Å²) in [7, 11) is 0. The highest BCUT2D eigenvalue weighted by atomic mass is 35.5. The molecule has 0 amide bonds. The first-order valence-corrected chi connectivity index (χ1v) is 7.01. The van der Waals surface area contributed by atoms with E-state index >= 15 is 0 Å². The molecule has 0 aliphatic heterocycles. The van der Waals surface area contributed by atoms with Crippen molar-refractivity contribution in [2.75, 3.05) is 6.54 Å². The maximum absolute atomic E-state index is 11.8. The molecule has 7 heteroatoms. The van der Waals surface area contributed by atoms with Gasteiger partial charge in [0.15, 0.2) is 0 Å². The van der Waals surface area contributed by atoms with Gasteiger partial charge in [0.1, 0.15) is 0 Å². The van der Waals surface area contributed by atoms with E-state index in [0.29, 0.717) is 6.54 Å². The van der Waals surface area contributed by atoms with E-state index in [1.807, 2.05) is 17.5 Å². The highest BCUT2D eigenvalue weighted by Crippen LogP contribution is 2.29. The smallest absolute Gasteiger partial charge is 0.263 e. The summed E-state index contributed by atoms with van der Waals surface area (Å²) >= 11 is 7.39. The molecule has 0 radical (unpaired) electrons. The lowest BCUT2D eigenvalue weighted by molar-refractivity contribution is -0.398. The normalized spacial score (nSPS) is 11.1. The molecule has 20 heavy (non-hydrogen) atoms. The molecule has 2 rings (SSSR count). The van der Waals surface area contributed by atoms with Gasteiger partial charge in [0.05, 0.1) is 4.92 Å². The number of benzene rings is 1. The van der Waals surface area contributed by atoms with E-state index in [1.54, 1.807) is 11.3 Å². The Kier molecular flexibility index (Phi) is 4.70. The molecule has 0 saturated carbocycles. The van der Waals surface area contributed by atoms with Crippen molar-refractivity contribution in [1.29, 1.82) is 0 Å². The second-order valence-corrected chi connectivity index (χ2v) is 5.43. The number of nitro groups is 1. The van der Waals surface area contributed by atoms with Gasteiger partial charge in [-0.05, 0) is 28.8 Å². The Hall–Kier alpha value is -1.92. The van der Waals surface area contributed by atoms with Crippen LogP contribution in [0.2, 0.25) is 5.02 Å². The molecule has 0 aliphatic carbocycles. The number of hydrogen-bond donors (Lipinski definition) is 0. The van der Waals surface area contributed by atoms with Gasteiger partial charge in [-0.15, -0.1) is 11.3 Å². The molecule has 0 spiro atoms. The lowest BCUT2D eigenvalue weighted by Crippen LogP contribution is -2.02. The Balaban J connectivity index is 2.10. The molecule has 0 unspecified atom stereocenters. The second kappa shape index (κ2) is 6.49. The van der Waals surface area contributed by atoms with E-state index in [-0.39, 0.29) is 10.6 Å². The summed E-state index contributed by atoms with van der Waals surface area (Å²) in [5.74, 6) is -0.667. The molecule has 1 aromatic heterocycles. The summed E-state index contributed by atoms with van der Waals surface area (Å²) in [6, 6.07) is 6.39. The number of rotatable bonds is 5. The standard InChI is InChI=1S/C13H11ClN2O3S/c14-10-6-9(13(17)12(7-10)16(18)19)8-15-4-3-11-2-1-5-20-11/h1-2,5-8,17H,3-4H2/p-1. The molecule has 0 saturated heterocycles. The van der Waals surface area contributed by atoms with Crippen molar-refractivity contribution >= 4 is 34.8 Å². The summed E-state index contributed by atoms with van der Waals surface area (Å²) in [4.78, 5) is 15.3. The van der Waals surface area contributed by atoms with Gasteiger partial charge >= 0.3 is 0 Å². The highest BCUT2D eigenvalue weighted by molar-refractivity contribution is 7.09. The van der Waals surface area contributed by atoms with Crippen molar-refractivity contribution in [2.24, 2.45) is 4.99 Å². The molecule has 1 heterocycles. The monoisotopic (exact) mass is 309 g/mol. The van der Waals surface area contributed by atoms with Gasteiger partial charge in [0, 0.05) is 35.1 Å². The molecule has 0 atom stereocenters. The molecular formula is C13H10ClN2O3S-. The minimum atomic E-state index is -0.739. The first kappa shape index (κ1) is 14.5. The molecule has 0 N–H and O–H groups in total. The summed E-state index contributed by atoms with van der Waals surface area (Å²) in [6.07, 6.45) is 2.11. The lowest BCUT2D eigenvalue weighted by Gasteiger charge is -2.10. The maximum Gasteiger partial charge on any atom is 0.263 e. The Bertz CT molecular complexity index is 641. The van der Waals surface area contributed by atoms with Crippen molar-refractivity contribution in [1.82, 2.24) is 0 Å². The third-order valence-corrected chi connectivity index (χ3v) is 3.71. The maximum atomic E-state index is 11.8. The zero-order valence-electron chi connectivity index (χ0n) is 10.3. The zero-order chi connectivity index (χ0) is 14.5. The van der Waals surface area contributed by atoms with Crippen molar-refractivity contribution in [3.8, 4) is 5.75 Å². The summed E-state index contributed by atoms with van der Waals surface area (Å²) < 4.78 is 0. The fourth-order valence-corrected chi connectivity index (χ4v) is 2.54. The van der Waals surface area contributed by atoms with Gasteiger partial charge in [0.2, 0.25) is 0 Å². The van der Waals surface area contributed by atoms with Crippen LogP contribution in [0.5, 0.6) is 5.75 Å². The first-order chi connectivity index (χ1) is 9.58. The van der Waals surface area contributed by atoms with Crippen LogP contribution in [-0.2, 0) is 6.42 Å². The van der Waals surface area contributed by atoms with Crippen LogP contribution in [0.4, 0.5) is 5.69 Å². The van der Waals surface area contributed by atoms with E-state index in [4.69, 9.17) is 11.6 Å². The van der Waals surface area contributed by atoms with E-state index in [1.165, 1.54) is 17.2 Å². The van der Waals surface area contributed by atoms with Gasteiger partial charge in [-0.25, -0.2) is 0 Å². The number of thiophene rings is 1. The summed E-state index contributed by atoms with van der Waals surface area (Å²) in [6.45, 7) is 0.514. The number of hydrogen-bond acceptors (Lipinski definition) is 5. The van der Waals surface area contributed by atoms with E-state index in [0.717, 1.165) is 12.5 Å². The van der Waals surface area contributed by atoms with Crippen molar-refractivity contribution < 1.29 is 10.0 Å². The molecule has 0 aliphatic rings. The Morgan fingerprint density at radius 1 is 1.45 bits per heavy atom. The van der Waals surface area contributed by atoms with E-state index in [9.17, 15) is 15.2 Å². The van der Waals surface area contributed by atoms with Gasteiger partial charge < -0.3 is 5.11 Å². The number of nitro benzene ring substituents is 1. The topological polar surface area (TPSA) is 78.6 Å². The average Bonchev–Trinajstić information content (AvgIpc) is 2.91. The third kappa shape index (κ3) is 3.55. The first-order valence-electron chi connectivity index (χ1n) is 5.75. The lowest BCUT2D eigenvalue weighted by atomic mass is 10.2. The van der Waals surface area contributed by atoms with Gasteiger partial charge in [-0.1, -0.05) is 17.7 Å².